The Morgan fingerprint density at radius 3 is 3.05 bits per heavy atom. The van der Waals surface area contributed by atoms with Crippen molar-refractivity contribution in [2.24, 2.45) is 0 Å². The van der Waals surface area contributed by atoms with Gasteiger partial charge in [-0.05, 0) is 31.0 Å². The van der Waals surface area contributed by atoms with Crippen LogP contribution < -0.4 is 10.6 Å². The number of nitrogens with one attached hydrogen (secondary N) is 2. The number of hydrogen-bond donors (Lipinski definition) is 2. The van der Waals surface area contributed by atoms with Crippen molar-refractivity contribution in [1.82, 2.24) is 15.5 Å². The summed E-state index contributed by atoms with van der Waals surface area (Å²) in [5.41, 5.74) is 0.863. The Balaban J connectivity index is 1.52. The van der Waals surface area contributed by atoms with E-state index in [0.29, 0.717) is 21.9 Å². The molecule has 1 heterocycles. The summed E-state index contributed by atoms with van der Waals surface area (Å²) in [6, 6.07) is 7.80. The molecule has 0 spiro atoms. The van der Waals surface area contributed by atoms with E-state index in [2.05, 4.69) is 20.8 Å². The van der Waals surface area contributed by atoms with Gasteiger partial charge in [0.25, 0.3) is 0 Å². The van der Waals surface area contributed by atoms with Gasteiger partial charge in [0, 0.05) is 16.8 Å². The average Bonchev–Trinajstić information content (AvgIpc) is 3.14. The van der Waals surface area contributed by atoms with Crippen LogP contribution in [0.2, 0.25) is 5.02 Å². The Kier molecular flexibility index (Phi) is 4.62. The van der Waals surface area contributed by atoms with E-state index in [9.17, 15) is 4.79 Å². The minimum atomic E-state index is 0.0575. The number of thioether (sulfide) groups is 1. The van der Waals surface area contributed by atoms with Gasteiger partial charge in [0.2, 0.25) is 11.0 Å². The maximum atomic E-state index is 11.6. The smallest absolute Gasteiger partial charge is 0.230 e. The second-order valence-corrected chi connectivity index (χ2v) is 7.28. The summed E-state index contributed by atoms with van der Waals surface area (Å²) in [5, 5.41) is 15.5. The summed E-state index contributed by atoms with van der Waals surface area (Å²) in [7, 11) is 0. The highest BCUT2D eigenvalue weighted by molar-refractivity contribution is 8.01. The molecular formula is C13H13ClN4OS2. The van der Waals surface area contributed by atoms with Gasteiger partial charge in [0.15, 0.2) is 4.34 Å². The Hall–Kier alpha value is -1.31. The number of hydrogen-bond acceptors (Lipinski definition) is 6. The maximum absolute atomic E-state index is 11.6. The first-order chi connectivity index (χ1) is 10.2. The van der Waals surface area contributed by atoms with E-state index >= 15 is 0 Å². The lowest BCUT2D eigenvalue weighted by molar-refractivity contribution is -0.118. The highest BCUT2D eigenvalue weighted by atomic mass is 35.5. The molecule has 0 aliphatic heterocycles. The first-order valence-electron chi connectivity index (χ1n) is 6.47. The molecule has 1 aliphatic rings. The fraction of sp³-hybridized carbons (Fsp3) is 0.308. The summed E-state index contributed by atoms with van der Waals surface area (Å²) in [5.74, 6) is 0.435. The van der Waals surface area contributed by atoms with Crippen LogP contribution in [0.5, 0.6) is 0 Å². The molecule has 0 radical (unpaired) electrons. The number of benzene rings is 1. The summed E-state index contributed by atoms with van der Waals surface area (Å²) < 4.78 is 0.769. The van der Waals surface area contributed by atoms with Crippen molar-refractivity contribution in [2.45, 2.75) is 23.2 Å². The quantitative estimate of drug-likeness (QED) is 0.790. The zero-order chi connectivity index (χ0) is 14.7. The SMILES string of the molecule is O=C(CSc1nnc(Nc2cccc(Cl)c2)s1)NC1CC1. The molecule has 1 aliphatic carbocycles. The molecular weight excluding hydrogens is 328 g/mol. The van der Waals surface area contributed by atoms with Crippen LogP contribution in [-0.4, -0.2) is 27.9 Å². The van der Waals surface area contributed by atoms with Crippen molar-refractivity contribution in [3.05, 3.63) is 29.3 Å². The third-order valence-corrected chi connectivity index (χ3v) is 4.96. The first-order valence-corrected chi connectivity index (χ1v) is 8.65. The van der Waals surface area contributed by atoms with Gasteiger partial charge in [-0.25, -0.2) is 0 Å². The summed E-state index contributed by atoms with van der Waals surface area (Å²) in [6.07, 6.45) is 2.20. The lowest BCUT2D eigenvalue weighted by Gasteiger charge is -2.01. The predicted molar refractivity (Wildman–Crippen MR) is 86.5 cm³/mol. The lowest BCUT2D eigenvalue weighted by Crippen LogP contribution is -2.26. The second kappa shape index (κ2) is 6.64. The molecule has 2 aromatic rings. The van der Waals surface area contributed by atoms with E-state index in [0.717, 1.165) is 22.9 Å². The first kappa shape index (κ1) is 14.6. The number of rotatable bonds is 6. The van der Waals surface area contributed by atoms with Crippen LogP contribution in [-0.2, 0) is 4.79 Å². The Morgan fingerprint density at radius 1 is 1.43 bits per heavy atom. The fourth-order valence-electron chi connectivity index (χ4n) is 1.63. The molecule has 0 atom stereocenters. The molecule has 2 N–H and O–H groups in total. The van der Waals surface area contributed by atoms with E-state index in [-0.39, 0.29) is 5.91 Å². The van der Waals surface area contributed by atoms with Crippen LogP contribution in [0.3, 0.4) is 0 Å². The van der Waals surface area contributed by atoms with E-state index in [4.69, 9.17) is 11.6 Å². The van der Waals surface area contributed by atoms with E-state index < -0.39 is 0 Å². The zero-order valence-electron chi connectivity index (χ0n) is 11.0. The molecule has 0 bridgehead atoms. The number of amides is 1. The van der Waals surface area contributed by atoms with Crippen molar-refractivity contribution in [1.29, 1.82) is 0 Å². The lowest BCUT2D eigenvalue weighted by atomic mass is 10.3. The number of nitrogens with zero attached hydrogens (tertiary/aromatic N) is 2. The fourth-order valence-corrected chi connectivity index (χ4v) is 3.41. The monoisotopic (exact) mass is 340 g/mol. The molecule has 0 unspecified atom stereocenters. The van der Waals surface area contributed by atoms with E-state index in [1.807, 2.05) is 24.3 Å². The van der Waals surface area contributed by atoms with Crippen LogP contribution in [0.4, 0.5) is 10.8 Å². The largest absolute Gasteiger partial charge is 0.353 e. The molecule has 1 aromatic carbocycles. The maximum Gasteiger partial charge on any atom is 0.230 e. The second-order valence-electron chi connectivity index (χ2n) is 4.64. The summed E-state index contributed by atoms with van der Waals surface area (Å²) >= 11 is 8.74. The van der Waals surface area contributed by atoms with Crippen LogP contribution in [0.1, 0.15) is 12.8 Å². The highest BCUT2D eigenvalue weighted by Crippen LogP contribution is 2.28. The van der Waals surface area contributed by atoms with Gasteiger partial charge in [-0.1, -0.05) is 40.8 Å². The number of anilines is 2. The van der Waals surface area contributed by atoms with Crippen molar-refractivity contribution >= 4 is 51.4 Å². The molecule has 8 heteroatoms. The van der Waals surface area contributed by atoms with Gasteiger partial charge in [-0.3, -0.25) is 4.79 Å². The molecule has 1 fully saturated rings. The topological polar surface area (TPSA) is 66.9 Å². The summed E-state index contributed by atoms with van der Waals surface area (Å²) in [4.78, 5) is 11.6. The zero-order valence-corrected chi connectivity index (χ0v) is 13.4. The van der Waals surface area contributed by atoms with Gasteiger partial charge in [-0.2, -0.15) is 0 Å². The third kappa shape index (κ3) is 4.59. The van der Waals surface area contributed by atoms with Gasteiger partial charge >= 0.3 is 0 Å². The van der Waals surface area contributed by atoms with E-state index in [1.54, 1.807) is 0 Å². The number of carbonyl (C=O) groups is 1. The van der Waals surface area contributed by atoms with Crippen molar-refractivity contribution in [3.8, 4) is 0 Å². The van der Waals surface area contributed by atoms with Crippen LogP contribution >= 0.6 is 34.7 Å². The average molecular weight is 341 g/mol. The number of halogens is 1. The third-order valence-electron chi connectivity index (χ3n) is 2.75. The van der Waals surface area contributed by atoms with Crippen LogP contribution in [0, 0.1) is 0 Å². The molecule has 21 heavy (non-hydrogen) atoms. The molecule has 5 nitrogen and oxygen atoms in total. The van der Waals surface area contributed by atoms with Crippen molar-refractivity contribution in [2.75, 3.05) is 11.1 Å². The van der Waals surface area contributed by atoms with Gasteiger partial charge in [0.05, 0.1) is 5.75 Å². The van der Waals surface area contributed by atoms with E-state index in [1.165, 1.54) is 23.1 Å². The standard InChI is InChI=1S/C13H13ClN4OS2/c14-8-2-1-3-10(6-8)16-12-17-18-13(21-12)20-7-11(19)15-9-4-5-9/h1-3,6,9H,4-5,7H2,(H,15,19)(H,16,17). The van der Waals surface area contributed by atoms with Gasteiger partial charge in [0.1, 0.15) is 0 Å². The van der Waals surface area contributed by atoms with Crippen LogP contribution in [0.25, 0.3) is 0 Å². The number of aromatic nitrogens is 2. The molecule has 1 amide bonds. The van der Waals surface area contributed by atoms with Gasteiger partial charge in [-0.15, -0.1) is 10.2 Å². The van der Waals surface area contributed by atoms with Crippen molar-refractivity contribution in [3.63, 3.8) is 0 Å². The summed E-state index contributed by atoms with van der Waals surface area (Å²) in [6.45, 7) is 0. The van der Waals surface area contributed by atoms with Crippen LogP contribution in [0.15, 0.2) is 28.6 Å². The normalized spacial score (nSPS) is 14.0. The predicted octanol–water partition coefficient (Wildman–Crippen LogP) is 3.31. The minimum Gasteiger partial charge on any atom is -0.353 e. The molecule has 1 saturated carbocycles. The Morgan fingerprint density at radius 2 is 2.29 bits per heavy atom. The van der Waals surface area contributed by atoms with Crippen molar-refractivity contribution < 1.29 is 4.79 Å². The molecule has 110 valence electrons. The molecule has 0 saturated heterocycles. The number of carbonyl (C=O) groups excluding carboxylic acids is 1. The highest BCUT2D eigenvalue weighted by Gasteiger charge is 2.23. The molecule has 1 aromatic heterocycles. The van der Waals surface area contributed by atoms with Gasteiger partial charge < -0.3 is 10.6 Å². The molecule has 3 rings (SSSR count). The minimum absolute atomic E-state index is 0.0575. The Bertz CT molecular complexity index is 645. The Labute approximate surface area is 135 Å².